The third-order valence-electron chi connectivity index (χ3n) is 1.33. The van der Waals surface area contributed by atoms with E-state index in [9.17, 15) is 0 Å². The molecule has 0 aliphatic heterocycles. The SMILES string of the molecule is S=c1[nH]c2ccccc2s1.[K]. The van der Waals surface area contributed by atoms with Gasteiger partial charge in [0, 0.05) is 51.4 Å². The molecule has 0 aliphatic carbocycles. The molecule has 1 radical (unpaired) electrons. The van der Waals surface area contributed by atoms with Crippen molar-refractivity contribution in [1.82, 2.24) is 4.98 Å². The summed E-state index contributed by atoms with van der Waals surface area (Å²) in [6.45, 7) is 0. The molecule has 1 aromatic carbocycles. The van der Waals surface area contributed by atoms with Gasteiger partial charge >= 0.3 is 0 Å². The summed E-state index contributed by atoms with van der Waals surface area (Å²) in [6, 6.07) is 8.11. The summed E-state index contributed by atoms with van der Waals surface area (Å²) >= 11 is 6.59. The first-order valence-electron chi connectivity index (χ1n) is 2.94. The van der Waals surface area contributed by atoms with Crippen LogP contribution in [0.3, 0.4) is 0 Å². The van der Waals surface area contributed by atoms with Crippen molar-refractivity contribution in [2.24, 2.45) is 0 Å². The van der Waals surface area contributed by atoms with Crippen LogP contribution >= 0.6 is 23.6 Å². The van der Waals surface area contributed by atoms with Crippen LogP contribution in [0.5, 0.6) is 0 Å². The van der Waals surface area contributed by atoms with Gasteiger partial charge in [0.1, 0.15) is 0 Å². The van der Waals surface area contributed by atoms with E-state index in [2.05, 4.69) is 11.1 Å². The Labute approximate surface area is 116 Å². The molecule has 2 rings (SSSR count). The fourth-order valence-electron chi connectivity index (χ4n) is 0.894. The Morgan fingerprint density at radius 3 is 2.73 bits per heavy atom. The first-order valence-corrected chi connectivity index (χ1v) is 4.16. The normalized spacial score (nSPS) is 9.45. The van der Waals surface area contributed by atoms with Crippen LogP contribution in [0.4, 0.5) is 0 Å². The predicted octanol–water partition coefficient (Wildman–Crippen LogP) is 2.58. The maximum Gasteiger partial charge on any atom is 0.159 e. The minimum absolute atomic E-state index is 0. The fraction of sp³-hybridized carbons (Fsp3) is 0. The first-order chi connectivity index (χ1) is 4.86. The summed E-state index contributed by atoms with van der Waals surface area (Å²) in [6.07, 6.45) is 0. The van der Waals surface area contributed by atoms with Gasteiger partial charge in [-0.1, -0.05) is 12.1 Å². The van der Waals surface area contributed by atoms with Crippen LogP contribution in [0, 0.1) is 3.95 Å². The van der Waals surface area contributed by atoms with E-state index >= 15 is 0 Å². The Hall–Kier alpha value is 0.966. The molecule has 0 unspecified atom stereocenters. The Kier molecular flexibility index (Phi) is 3.90. The summed E-state index contributed by atoms with van der Waals surface area (Å²) in [4.78, 5) is 3.09. The fourth-order valence-corrected chi connectivity index (χ4v) is 2.01. The minimum Gasteiger partial charge on any atom is -0.337 e. The molecule has 1 heterocycles. The Bertz CT molecular complexity index is 368. The van der Waals surface area contributed by atoms with Crippen molar-refractivity contribution in [2.45, 2.75) is 0 Å². The molecular weight excluding hydrogens is 201 g/mol. The van der Waals surface area contributed by atoms with E-state index in [-0.39, 0.29) is 51.4 Å². The average Bonchev–Trinajstić information content (AvgIpc) is 2.27. The molecule has 4 heteroatoms. The predicted molar refractivity (Wildman–Crippen MR) is 52.8 cm³/mol. The minimum atomic E-state index is 0. The number of hydrogen-bond acceptors (Lipinski definition) is 2. The van der Waals surface area contributed by atoms with E-state index in [4.69, 9.17) is 12.2 Å². The molecule has 2 aromatic rings. The van der Waals surface area contributed by atoms with Crippen LogP contribution < -0.4 is 0 Å². The van der Waals surface area contributed by atoms with E-state index in [1.165, 1.54) is 4.70 Å². The van der Waals surface area contributed by atoms with Crippen molar-refractivity contribution in [2.75, 3.05) is 0 Å². The standard InChI is InChI=1S/C7H5NS2.K/c9-7-8-5-3-1-2-4-6(5)10-7;/h1-4H,(H,8,9);. The van der Waals surface area contributed by atoms with Crippen LogP contribution in [0.25, 0.3) is 10.2 Å². The second kappa shape index (κ2) is 4.27. The number of aromatic amines is 1. The molecule has 0 bridgehead atoms. The third-order valence-corrected chi connectivity index (χ3v) is 2.54. The van der Waals surface area contributed by atoms with Gasteiger partial charge in [-0.05, 0) is 24.4 Å². The van der Waals surface area contributed by atoms with E-state index in [0.29, 0.717) is 0 Å². The third kappa shape index (κ3) is 2.21. The summed E-state index contributed by atoms with van der Waals surface area (Å²) in [5, 5.41) is 0. The smallest absolute Gasteiger partial charge is 0.159 e. The van der Waals surface area contributed by atoms with Gasteiger partial charge in [-0.3, -0.25) is 0 Å². The monoisotopic (exact) mass is 206 g/mol. The van der Waals surface area contributed by atoms with Crippen molar-refractivity contribution in [1.29, 1.82) is 0 Å². The molecule has 11 heavy (non-hydrogen) atoms. The number of H-pyrrole nitrogens is 1. The number of para-hydroxylation sites is 1. The van der Waals surface area contributed by atoms with Gasteiger partial charge in [0.05, 0.1) is 10.2 Å². The Morgan fingerprint density at radius 2 is 2.00 bits per heavy atom. The number of nitrogens with one attached hydrogen (secondary N) is 1. The summed E-state index contributed by atoms with van der Waals surface area (Å²) < 4.78 is 2.08. The van der Waals surface area contributed by atoms with Crippen LogP contribution in [-0.2, 0) is 0 Å². The molecule has 0 atom stereocenters. The zero-order chi connectivity index (χ0) is 6.97. The van der Waals surface area contributed by atoms with Gasteiger partial charge in [-0.15, -0.1) is 11.3 Å². The number of rotatable bonds is 0. The van der Waals surface area contributed by atoms with Crippen LogP contribution in [0.15, 0.2) is 24.3 Å². The molecule has 0 aliphatic rings. The summed E-state index contributed by atoms with van der Waals surface area (Å²) in [7, 11) is 0. The van der Waals surface area contributed by atoms with Gasteiger partial charge < -0.3 is 4.98 Å². The zero-order valence-electron chi connectivity index (χ0n) is 6.13. The van der Waals surface area contributed by atoms with Crippen LogP contribution in [0.2, 0.25) is 0 Å². The van der Waals surface area contributed by atoms with E-state index < -0.39 is 0 Å². The Balaban J connectivity index is 0.000000605. The number of benzene rings is 1. The maximum atomic E-state index is 4.98. The molecule has 0 amide bonds. The number of fused-ring (bicyclic) bond motifs is 1. The van der Waals surface area contributed by atoms with Crippen molar-refractivity contribution in [3.63, 3.8) is 0 Å². The molecule has 1 N–H and O–H groups in total. The summed E-state index contributed by atoms with van der Waals surface area (Å²) in [5.41, 5.74) is 1.14. The van der Waals surface area contributed by atoms with Gasteiger partial charge in [-0.2, -0.15) is 0 Å². The van der Waals surface area contributed by atoms with Gasteiger partial charge in [0.15, 0.2) is 3.95 Å². The van der Waals surface area contributed by atoms with E-state index in [0.717, 1.165) is 9.47 Å². The maximum absolute atomic E-state index is 4.98. The molecule has 0 fully saturated rings. The van der Waals surface area contributed by atoms with Crippen molar-refractivity contribution >= 4 is 85.2 Å². The molecule has 1 aromatic heterocycles. The van der Waals surface area contributed by atoms with E-state index in [1.54, 1.807) is 11.3 Å². The second-order valence-corrected chi connectivity index (χ2v) is 3.73. The molecule has 0 saturated heterocycles. The van der Waals surface area contributed by atoms with E-state index in [1.807, 2.05) is 18.2 Å². The molecule has 0 saturated carbocycles. The second-order valence-electron chi connectivity index (χ2n) is 2.01. The first kappa shape index (κ1) is 10.0. The van der Waals surface area contributed by atoms with Crippen LogP contribution in [0.1, 0.15) is 0 Å². The van der Waals surface area contributed by atoms with Crippen LogP contribution in [-0.4, -0.2) is 56.4 Å². The van der Waals surface area contributed by atoms with Gasteiger partial charge in [-0.25, -0.2) is 0 Å². The van der Waals surface area contributed by atoms with Gasteiger partial charge in [0.2, 0.25) is 0 Å². The number of thiazole rings is 1. The zero-order valence-corrected chi connectivity index (χ0v) is 10.9. The molecule has 51 valence electrons. The number of aromatic nitrogens is 1. The quantitative estimate of drug-likeness (QED) is 0.517. The molecule has 1 nitrogen and oxygen atoms in total. The molecule has 0 spiro atoms. The summed E-state index contributed by atoms with van der Waals surface area (Å²) in [5.74, 6) is 0. The average molecular weight is 206 g/mol. The number of hydrogen-bond donors (Lipinski definition) is 1. The largest absolute Gasteiger partial charge is 0.337 e. The topological polar surface area (TPSA) is 15.8 Å². The Morgan fingerprint density at radius 1 is 1.27 bits per heavy atom. The molecular formula is C7H5KNS2. The van der Waals surface area contributed by atoms with Crippen molar-refractivity contribution < 1.29 is 0 Å². The van der Waals surface area contributed by atoms with Gasteiger partial charge in [0.25, 0.3) is 0 Å². The van der Waals surface area contributed by atoms with Crippen molar-refractivity contribution in [3.05, 3.63) is 28.2 Å². The van der Waals surface area contributed by atoms with Crippen molar-refractivity contribution in [3.8, 4) is 0 Å².